The second-order valence-corrected chi connectivity index (χ2v) is 9.11. The van der Waals surface area contributed by atoms with E-state index in [4.69, 9.17) is 0 Å². The molecule has 0 aliphatic carbocycles. The van der Waals surface area contributed by atoms with Crippen molar-refractivity contribution >= 4 is 39.7 Å². The number of amides is 2. The van der Waals surface area contributed by atoms with Crippen LogP contribution in [-0.2, 0) is 14.8 Å². The van der Waals surface area contributed by atoms with Crippen molar-refractivity contribution < 1.29 is 18.0 Å². The third-order valence-electron chi connectivity index (χ3n) is 5.05. The molecule has 0 spiro atoms. The summed E-state index contributed by atoms with van der Waals surface area (Å²) in [5.41, 5.74) is 2.74. The number of nitrogens with one attached hydrogen (secondary N) is 2. The third-order valence-corrected chi connectivity index (χ3v) is 5.81. The Morgan fingerprint density at radius 2 is 1.79 bits per heavy atom. The summed E-state index contributed by atoms with van der Waals surface area (Å²) in [4.78, 5) is 27.2. The summed E-state index contributed by atoms with van der Waals surface area (Å²) in [7, 11) is -3.42. The predicted octanol–water partition coefficient (Wildman–Crippen LogP) is 1.94. The summed E-state index contributed by atoms with van der Waals surface area (Å²) in [6.45, 7) is 0.160. The lowest BCUT2D eigenvalue weighted by molar-refractivity contribution is -0.119. The first-order valence-electron chi connectivity index (χ1n) is 9.26. The van der Waals surface area contributed by atoms with E-state index in [1.54, 1.807) is 12.1 Å². The Bertz CT molecular complexity index is 1100. The van der Waals surface area contributed by atoms with Gasteiger partial charge in [0.1, 0.15) is 6.04 Å². The molecule has 8 heteroatoms. The van der Waals surface area contributed by atoms with E-state index in [2.05, 4.69) is 10.0 Å². The topological polar surface area (TPSA) is 95.6 Å². The van der Waals surface area contributed by atoms with Gasteiger partial charge in [0.2, 0.25) is 15.9 Å². The number of hydrogen-bond donors (Lipinski definition) is 2. The van der Waals surface area contributed by atoms with Gasteiger partial charge in [-0.25, -0.2) is 13.1 Å². The number of hydrogen-bond acceptors (Lipinski definition) is 4. The molecule has 4 rings (SSSR count). The first kappa shape index (κ1) is 19.4. The summed E-state index contributed by atoms with van der Waals surface area (Å²) in [6.07, 6.45) is 5.18. The van der Waals surface area contributed by atoms with Gasteiger partial charge < -0.3 is 10.2 Å². The molecule has 0 radical (unpaired) electrons. The Labute approximate surface area is 169 Å². The summed E-state index contributed by atoms with van der Waals surface area (Å²) in [5, 5.41) is 2.81. The number of fused-ring (bicyclic) bond motifs is 2. The average Bonchev–Trinajstić information content (AvgIpc) is 3.06. The molecule has 2 aromatic rings. The van der Waals surface area contributed by atoms with Gasteiger partial charge >= 0.3 is 0 Å². The smallest absolute Gasteiger partial charge is 0.256 e. The van der Waals surface area contributed by atoms with E-state index in [1.807, 2.05) is 48.6 Å². The molecule has 29 heavy (non-hydrogen) atoms. The highest BCUT2D eigenvalue weighted by Crippen LogP contribution is 2.30. The summed E-state index contributed by atoms with van der Waals surface area (Å²) in [6, 6.07) is 13.9. The first-order chi connectivity index (χ1) is 13.8. The minimum atomic E-state index is -3.42. The highest BCUT2D eigenvalue weighted by molar-refractivity contribution is 7.88. The number of carbonyl (C=O) groups is 2. The fourth-order valence-electron chi connectivity index (χ4n) is 3.78. The molecule has 150 valence electrons. The van der Waals surface area contributed by atoms with Crippen LogP contribution in [0.3, 0.4) is 0 Å². The predicted molar refractivity (Wildman–Crippen MR) is 112 cm³/mol. The van der Waals surface area contributed by atoms with Gasteiger partial charge in [0.25, 0.3) is 5.91 Å². The molecule has 2 heterocycles. The minimum Gasteiger partial charge on any atom is -0.325 e. The molecule has 2 amide bonds. The maximum atomic E-state index is 13.1. The van der Waals surface area contributed by atoms with Gasteiger partial charge in [-0.15, -0.1) is 0 Å². The molecular weight excluding hydrogens is 390 g/mol. The fourth-order valence-corrected chi connectivity index (χ4v) is 4.55. The molecule has 2 aliphatic rings. The maximum absolute atomic E-state index is 13.1. The average molecular weight is 411 g/mol. The Morgan fingerprint density at radius 3 is 2.52 bits per heavy atom. The molecule has 1 saturated heterocycles. The van der Waals surface area contributed by atoms with E-state index < -0.39 is 22.1 Å². The number of benzene rings is 2. The highest BCUT2D eigenvalue weighted by Gasteiger charge is 2.43. The van der Waals surface area contributed by atoms with E-state index in [9.17, 15) is 18.0 Å². The summed E-state index contributed by atoms with van der Waals surface area (Å²) < 4.78 is 25.6. The van der Waals surface area contributed by atoms with Crippen LogP contribution in [0.1, 0.15) is 27.9 Å². The van der Waals surface area contributed by atoms with Crippen LogP contribution in [-0.4, -0.2) is 50.0 Å². The van der Waals surface area contributed by atoms with Gasteiger partial charge in [0, 0.05) is 12.6 Å². The van der Waals surface area contributed by atoms with Crippen molar-refractivity contribution in [3.05, 3.63) is 65.2 Å². The first-order valence-corrected chi connectivity index (χ1v) is 11.2. The van der Waals surface area contributed by atoms with Crippen LogP contribution in [0, 0.1) is 0 Å². The Kier molecular flexibility index (Phi) is 4.97. The van der Waals surface area contributed by atoms with Crippen molar-refractivity contribution in [1.82, 2.24) is 9.62 Å². The molecule has 0 unspecified atom stereocenters. The molecule has 2 atom stereocenters. The van der Waals surface area contributed by atoms with Crippen LogP contribution < -0.4 is 10.0 Å². The van der Waals surface area contributed by atoms with E-state index in [0.717, 1.165) is 17.4 Å². The van der Waals surface area contributed by atoms with Crippen molar-refractivity contribution in [2.45, 2.75) is 18.5 Å². The van der Waals surface area contributed by atoms with Crippen molar-refractivity contribution in [3.8, 4) is 0 Å². The Balaban J connectivity index is 1.61. The van der Waals surface area contributed by atoms with E-state index in [1.165, 1.54) is 4.90 Å². The maximum Gasteiger partial charge on any atom is 0.256 e. The summed E-state index contributed by atoms with van der Waals surface area (Å²) >= 11 is 0. The number of anilines is 1. The zero-order valence-corrected chi connectivity index (χ0v) is 16.6. The van der Waals surface area contributed by atoms with Crippen LogP contribution in [0.25, 0.3) is 12.2 Å². The van der Waals surface area contributed by atoms with Crippen LogP contribution in [0.2, 0.25) is 0 Å². The molecule has 1 fully saturated rings. The minimum absolute atomic E-state index is 0.160. The van der Waals surface area contributed by atoms with E-state index in [0.29, 0.717) is 11.3 Å². The lowest BCUT2D eigenvalue weighted by atomic mass is 10.1. The lowest BCUT2D eigenvalue weighted by Crippen LogP contribution is -2.41. The van der Waals surface area contributed by atoms with Gasteiger partial charge in [-0.1, -0.05) is 48.6 Å². The number of sulfonamides is 1. The fraction of sp³-hybridized carbons (Fsp3) is 0.238. The lowest BCUT2D eigenvalue weighted by Gasteiger charge is -2.20. The third kappa shape index (κ3) is 4.23. The molecule has 7 nitrogen and oxygen atoms in total. The summed E-state index contributed by atoms with van der Waals surface area (Å²) in [5.74, 6) is -0.585. The zero-order chi connectivity index (χ0) is 20.6. The van der Waals surface area contributed by atoms with Gasteiger partial charge in [0.15, 0.2) is 0 Å². The molecule has 0 saturated carbocycles. The van der Waals surface area contributed by atoms with Crippen LogP contribution in [0.15, 0.2) is 48.5 Å². The van der Waals surface area contributed by atoms with E-state index in [-0.39, 0.29) is 24.8 Å². The number of rotatable bonds is 4. The van der Waals surface area contributed by atoms with Crippen molar-refractivity contribution in [3.63, 3.8) is 0 Å². The molecular formula is C21H21N3O4S. The number of carbonyl (C=O) groups excluding carboxylic acids is 2. The van der Waals surface area contributed by atoms with Gasteiger partial charge in [-0.05, 0) is 29.7 Å². The Morgan fingerprint density at radius 1 is 1.07 bits per heavy atom. The van der Waals surface area contributed by atoms with Gasteiger partial charge in [0.05, 0.1) is 17.5 Å². The van der Waals surface area contributed by atoms with Crippen LogP contribution >= 0.6 is 0 Å². The zero-order valence-electron chi connectivity index (χ0n) is 15.8. The standard InChI is InChI=1S/C21H21N3O4S/c1-29(27,28)23-16-12-19-20(25)22-18-10-9-15(8-7-14-5-3-2-4-6-14)11-17(18)21(26)24(19)13-16/h2-11,16,19,23H,12-13H2,1H3,(H,22,25)/b8-7+/t16-,19-/m0/s1. The molecule has 2 aromatic carbocycles. The van der Waals surface area contributed by atoms with Crippen molar-refractivity contribution in [2.75, 3.05) is 18.1 Å². The molecule has 2 aliphatic heterocycles. The second kappa shape index (κ2) is 7.46. The monoisotopic (exact) mass is 411 g/mol. The SMILES string of the molecule is CS(=O)(=O)N[C@H]1C[C@H]2C(=O)Nc3ccc(/C=C/c4ccccc4)cc3C(=O)N2C1. The van der Waals surface area contributed by atoms with Gasteiger partial charge in [-0.2, -0.15) is 0 Å². The molecule has 2 N–H and O–H groups in total. The largest absolute Gasteiger partial charge is 0.325 e. The van der Waals surface area contributed by atoms with E-state index >= 15 is 0 Å². The quantitative estimate of drug-likeness (QED) is 0.752. The van der Waals surface area contributed by atoms with Crippen molar-refractivity contribution in [2.24, 2.45) is 0 Å². The number of nitrogens with zero attached hydrogens (tertiary/aromatic N) is 1. The van der Waals surface area contributed by atoms with Crippen LogP contribution in [0.5, 0.6) is 0 Å². The molecule has 0 bridgehead atoms. The normalized spacial score (nSPS) is 21.6. The Hall–Kier alpha value is -2.97. The highest BCUT2D eigenvalue weighted by atomic mass is 32.2. The second-order valence-electron chi connectivity index (χ2n) is 7.33. The van der Waals surface area contributed by atoms with Crippen molar-refractivity contribution in [1.29, 1.82) is 0 Å². The molecule has 0 aromatic heterocycles. The van der Waals surface area contributed by atoms with Gasteiger partial charge in [-0.3, -0.25) is 9.59 Å². The van der Waals surface area contributed by atoms with Crippen LogP contribution in [0.4, 0.5) is 5.69 Å².